The Hall–Kier alpha value is -1.63. The van der Waals surface area contributed by atoms with Gasteiger partial charge in [-0.15, -0.1) is 30.6 Å². The number of nitrogens with zero attached hydrogens (tertiary/aromatic N) is 2. The number of benzene rings is 3. The summed E-state index contributed by atoms with van der Waals surface area (Å²) in [6.45, 7) is 7.84. The molecule has 3 aromatic carbocycles. The summed E-state index contributed by atoms with van der Waals surface area (Å²) in [4.78, 5) is 29.5. The van der Waals surface area contributed by atoms with Gasteiger partial charge < -0.3 is 29.3 Å². The second kappa shape index (κ2) is 22.8. The van der Waals surface area contributed by atoms with Crippen LogP contribution in [0.2, 0.25) is 0 Å². The fourth-order valence-corrected chi connectivity index (χ4v) is 3.63. The van der Waals surface area contributed by atoms with Crippen molar-refractivity contribution in [2.75, 3.05) is 6.54 Å². The van der Waals surface area contributed by atoms with E-state index in [0.717, 1.165) is 16.7 Å². The Labute approximate surface area is 322 Å². The van der Waals surface area contributed by atoms with E-state index < -0.39 is 0 Å². The van der Waals surface area contributed by atoms with E-state index in [4.69, 9.17) is 9.15 Å². The number of aldehydes is 1. The minimum absolute atomic E-state index is 0. The first-order chi connectivity index (χ1) is 20.2. The zero-order valence-corrected chi connectivity index (χ0v) is 33.7. The number of phenolic OH excluding ortho intramolecular Hbond substituents is 3. The number of aliphatic imine (C=N–C) groups is 1. The largest absolute Gasteiger partial charge is 0.647 e. The molecule has 5 rings (SSSR count). The van der Waals surface area contributed by atoms with Gasteiger partial charge in [-0.1, -0.05) is 18.2 Å². The quantitative estimate of drug-likeness (QED) is 0.0760. The van der Waals surface area contributed by atoms with Crippen molar-refractivity contribution >= 4 is 79.2 Å². The topological polar surface area (TPSA) is 142 Å². The van der Waals surface area contributed by atoms with Crippen molar-refractivity contribution in [3.63, 3.8) is 0 Å². The maximum Gasteiger partial charge on any atom is 0.229 e. The van der Waals surface area contributed by atoms with E-state index >= 15 is 0 Å². The molecule has 44 heavy (non-hydrogen) atoms. The van der Waals surface area contributed by atoms with Crippen molar-refractivity contribution in [3.05, 3.63) is 101 Å². The average molecular weight is 1010 g/mol. The van der Waals surface area contributed by atoms with Crippen molar-refractivity contribution in [2.45, 2.75) is 33.6 Å². The van der Waals surface area contributed by atoms with Crippen molar-refractivity contribution in [1.29, 1.82) is 0 Å². The number of hydrogen-bond donors (Lipinski definition) is 3. The van der Waals surface area contributed by atoms with Gasteiger partial charge in [-0.2, -0.15) is 0 Å². The number of ether oxygens (including phenoxy) is 1. The molecule has 0 spiro atoms. The molecule has 1 aromatic heterocycles. The molecule has 0 bridgehead atoms. The van der Waals surface area contributed by atoms with Crippen LogP contribution in [-0.4, -0.2) is 44.8 Å². The van der Waals surface area contributed by atoms with Crippen molar-refractivity contribution in [1.82, 2.24) is 4.98 Å². The monoisotopic (exact) mass is 1010 g/mol. The van der Waals surface area contributed by atoms with Crippen molar-refractivity contribution in [2.24, 2.45) is 4.99 Å². The standard InChI is InChI=1S/C11H12O3.C10H10NO2.C10H9NO2.I2.HI.Y/c1-8-4-5-9(11(14)7-8)10(13)3-2-6-12;2*1-7-2-3-8(9(12)6-7)10-11-4-5-13-10;1-2;;/h4-7,14H,2-3H2,1H3;2-3,5-6,12H,4H2,1H3;2-6,12H,1H3;;1H;/q;-1;;;;. The number of carbonyl (C=O) groups excluding carboxylic acids is 2. The molecule has 0 unspecified atom stereocenters. The number of oxazole rings is 1. The number of halogens is 3. The minimum Gasteiger partial charge on any atom is -0.647 e. The molecule has 0 aliphatic carbocycles. The molecular formula is C31H32I3N2O7Y-. The van der Waals surface area contributed by atoms with E-state index in [-0.39, 0.29) is 98.1 Å². The van der Waals surface area contributed by atoms with Gasteiger partial charge in [-0.3, -0.25) is 9.79 Å². The molecule has 13 heteroatoms. The summed E-state index contributed by atoms with van der Waals surface area (Å²) in [6, 6.07) is 15.7. The maximum atomic E-state index is 11.4. The van der Waals surface area contributed by atoms with Gasteiger partial charge in [-0.05, 0) is 80.4 Å². The van der Waals surface area contributed by atoms with Gasteiger partial charge in [0.25, 0.3) is 0 Å². The van der Waals surface area contributed by atoms with Crippen molar-refractivity contribution in [3.8, 4) is 28.7 Å². The molecule has 0 saturated carbocycles. The molecular weight excluding hydrogens is 982 g/mol. The van der Waals surface area contributed by atoms with Crippen LogP contribution in [0, 0.1) is 27.4 Å². The van der Waals surface area contributed by atoms with Gasteiger partial charge in [-0.25, -0.2) is 4.98 Å². The number of phenols is 3. The molecule has 9 nitrogen and oxygen atoms in total. The van der Waals surface area contributed by atoms with Gasteiger partial charge in [0.2, 0.25) is 5.89 Å². The predicted molar refractivity (Wildman–Crippen MR) is 194 cm³/mol. The third-order valence-corrected chi connectivity index (χ3v) is 5.65. The second-order valence-corrected chi connectivity index (χ2v) is 8.96. The molecule has 1 aliphatic heterocycles. The smallest absolute Gasteiger partial charge is 0.229 e. The van der Waals surface area contributed by atoms with E-state index in [1.807, 2.05) is 39.0 Å². The summed E-state index contributed by atoms with van der Waals surface area (Å²) >= 11 is 4.24. The average Bonchev–Trinajstić information content (AvgIpc) is 3.69. The Morgan fingerprint density at radius 3 is 1.91 bits per heavy atom. The summed E-state index contributed by atoms with van der Waals surface area (Å²) in [5, 5.41) is 28.6. The number of hydrogen-bond acceptors (Lipinski definition) is 9. The van der Waals surface area contributed by atoms with Crippen LogP contribution in [0.5, 0.6) is 17.2 Å². The first-order valence-electron chi connectivity index (χ1n) is 12.6. The number of ketones is 1. The number of aromatic hydroxyl groups is 3. The summed E-state index contributed by atoms with van der Waals surface area (Å²) < 4.78 is 10.2. The van der Waals surface area contributed by atoms with Gasteiger partial charge in [0.1, 0.15) is 29.8 Å². The summed E-state index contributed by atoms with van der Waals surface area (Å²) in [5.41, 5.74) is 4.48. The Kier molecular flexibility index (Phi) is 22.0. The summed E-state index contributed by atoms with van der Waals surface area (Å²) in [5.74, 6) is 1.14. The van der Waals surface area contributed by atoms with Crippen LogP contribution in [0.15, 0.2) is 76.5 Å². The van der Waals surface area contributed by atoms with Crippen LogP contribution in [0.4, 0.5) is 0 Å². The zero-order chi connectivity index (χ0) is 31.1. The molecule has 233 valence electrons. The normalized spacial score (nSPS) is 10.8. The van der Waals surface area contributed by atoms with E-state index in [1.165, 1.54) is 12.3 Å². The second-order valence-electron chi connectivity index (χ2n) is 8.96. The number of rotatable bonds is 6. The number of Topliss-reactive ketones (excluding diaryl/α,β-unsaturated/α-hetero) is 1. The molecule has 0 amide bonds. The van der Waals surface area contributed by atoms with E-state index in [1.54, 1.807) is 43.1 Å². The van der Waals surface area contributed by atoms with E-state index in [2.05, 4.69) is 47.2 Å². The Bertz CT molecular complexity index is 1500. The molecule has 0 saturated heterocycles. The maximum absolute atomic E-state index is 11.4. The van der Waals surface area contributed by atoms with Crippen LogP contribution < -0.4 is 0 Å². The van der Waals surface area contributed by atoms with Crippen LogP contribution in [-0.2, 0) is 42.2 Å². The minimum atomic E-state index is -0.199. The predicted octanol–water partition coefficient (Wildman–Crippen LogP) is 8.24. The van der Waals surface area contributed by atoms with E-state index in [0.29, 0.717) is 35.7 Å². The fourth-order valence-electron chi connectivity index (χ4n) is 3.63. The third kappa shape index (κ3) is 13.8. The molecule has 3 N–H and O–H groups in total. The van der Waals surface area contributed by atoms with E-state index in [9.17, 15) is 24.9 Å². The number of aryl methyl sites for hydroxylation is 3. The van der Waals surface area contributed by atoms with Crippen molar-refractivity contribution < 1.29 is 66.8 Å². The first kappa shape index (κ1) is 42.4. The van der Waals surface area contributed by atoms with Gasteiger partial charge >= 0.3 is 0 Å². The van der Waals surface area contributed by atoms with Crippen LogP contribution in [0.25, 0.3) is 11.5 Å². The van der Waals surface area contributed by atoms with Crippen LogP contribution in [0.1, 0.15) is 45.5 Å². The molecule has 1 aliphatic rings. The molecule has 0 fully saturated rings. The van der Waals surface area contributed by atoms with Crippen LogP contribution in [0.3, 0.4) is 0 Å². The summed E-state index contributed by atoms with van der Waals surface area (Å²) in [6.07, 6.45) is 4.08. The van der Waals surface area contributed by atoms with Crippen LogP contribution >= 0.6 is 61.2 Å². The molecule has 1 radical (unpaired) electrons. The zero-order valence-electron chi connectivity index (χ0n) is 24.2. The fraction of sp³-hybridized carbons (Fsp3) is 0.194. The number of aromatic nitrogens is 1. The molecule has 4 aromatic rings. The van der Waals surface area contributed by atoms with Gasteiger partial charge in [0.15, 0.2) is 11.7 Å². The SMILES string of the molecule is Cc1ccc(-c2ncco2)c(O)c1.Cc1ccc(C(=O)CCC=O)c(O)c1.Cc1ccc(C2=NC[CH-]O2)c(O)c1.I.II.[Y]. The Morgan fingerprint density at radius 2 is 1.45 bits per heavy atom. The van der Waals surface area contributed by atoms with Gasteiger partial charge in [0.05, 0.1) is 22.9 Å². The third-order valence-electron chi connectivity index (χ3n) is 5.65. The van der Waals surface area contributed by atoms with Gasteiger partial charge in [0, 0.05) is 82.8 Å². The Morgan fingerprint density at radius 1 is 0.909 bits per heavy atom. The Balaban J connectivity index is 0.000000599. The summed E-state index contributed by atoms with van der Waals surface area (Å²) in [7, 11) is 0. The number of carbonyl (C=O) groups is 2. The molecule has 2 heterocycles. The first-order valence-corrected chi connectivity index (χ1v) is 18.9. The molecule has 0 atom stereocenters.